The molecule has 2 amide bonds. The number of nitrogens with one attached hydrogen (secondary N) is 1. The summed E-state index contributed by atoms with van der Waals surface area (Å²) < 4.78 is 14.3. The Kier molecular flexibility index (Phi) is 8.21. The number of amides is 2. The van der Waals surface area contributed by atoms with Gasteiger partial charge in [-0.25, -0.2) is 4.39 Å². The van der Waals surface area contributed by atoms with Crippen LogP contribution in [0.2, 0.25) is 0 Å². The number of hydrogen-bond acceptors (Lipinski definition) is 2. The first-order chi connectivity index (χ1) is 14.9. The lowest BCUT2D eigenvalue weighted by atomic mass is 9.95. The summed E-state index contributed by atoms with van der Waals surface area (Å²) in [6, 6.07) is 14.0. The first kappa shape index (κ1) is 23.0. The van der Waals surface area contributed by atoms with Crippen molar-refractivity contribution in [1.29, 1.82) is 0 Å². The Bertz CT molecular complexity index is 875. The lowest BCUT2D eigenvalue weighted by molar-refractivity contribution is -0.141. The lowest BCUT2D eigenvalue weighted by Gasteiger charge is -2.31. The number of aryl methyl sites for hydroxylation is 2. The van der Waals surface area contributed by atoms with E-state index in [4.69, 9.17) is 0 Å². The van der Waals surface area contributed by atoms with E-state index in [2.05, 4.69) is 5.32 Å². The minimum absolute atomic E-state index is 0.0820. The zero-order valence-electron chi connectivity index (χ0n) is 18.6. The molecule has 3 rings (SSSR count). The van der Waals surface area contributed by atoms with Gasteiger partial charge in [-0.15, -0.1) is 0 Å². The van der Waals surface area contributed by atoms with E-state index in [9.17, 15) is 14.0 Å². The van der Waals surface area contributed by atoms with Gasteiger partial charge < -0.3 is 10.2 Å². The van der Waals surface area contributed by atoms with E-state index >= 15 is 0 Å². The zero-order chi connectivity index (χ0) is 22.2. The minimum atomic E-state index is -0.660. The molecule has 31 heavy (non-hydrogen) atoms. The van der Waals surface area contributed by atoms with E-state index in [1.807, 2.05) is 31.2 Å². The van der Waals surface area contributed by atoms with Gasteiger partial charge in [0.1, 0.15) is 11.9 Å². The summed E-state index contributed by atoms with van der Waals surface area (Å²) in [5.41, 5.74) is 2.66. The summed E-state index contributed by atoms with van der Waals surface area (Å²) in [5.74, 6) is -0.666. The topological polar surface area (TPSA) is 49.4 Å². The predicted molar refractivity (Wildman–Crippen MR) is 121 cm³/mol. The van der Waals surface area contributed by atoms with Gasteiger partial charge in [-0.1, -0.05) is 67.3 Å². The van der Waals surface area contributed by atoms with Crippen LogP contribution in [0.25, 0.3) is 0 Å². The van der Waals surface area contributed by atoms with Crippen LogP contribution in [0.3, 0.4) is 0 Å². The summed E-state index contributed by atoms with van der Waals surface area (Å²) in [6.07, 6.45) is 6.27. The molecule has 1 aliphatic rings. The monoisotopic (exact) mass is 424 g/mol. The molecule has 0 unspecified atom stereocenters. The molecule has 2 aromatic carbocycles. The maximum Gasteiger partial charge on any atom is 0.242 e. The summed E-state index contributed by atoms with van der Waals surface area (Å²) in [6.45, 7) is 3.85. The van der Waals surface area contributed by atoms with Gasteiger partial charge in [-0.2, -0.15) is 0 Å². The van der Waals surface area contributed by atoms with Crippen LogP contribution in [0.15, 0.2) is 48.5 Å². The molecule has 5 heteroatoms. The van der Waals surface area contributed by atoms with E-state index in [1.54, 1.807) is 25.1 Å². The predicted octanol–water partition coefficient (Wildman–Crippen LogP) is 4.93. The van der Waals surface area contributed by atoms with Crippen molar-refractivity contribution in [2.75, 3.05) is 0 Å². The van der Waals surface area contributed by atoms with E-state index < -0.39 is 6.04 Å². The Morgan fingerprint density at radius 2 is 1.74 bits per heavy atom. The van der Waals surface area contributed by atoms with Crippen molar-refractivity contribution in [3.8, 4) is 0 Å². The van der Waals surface area contributed by atoms with E-state index in [1.165, 1.54) is 23.0 Å². The maximum atomic E-state index is 14.3. The number of nitrogens with zero attached hydrogens (tertiary/aromatic N) is 1. The van der Waals surface area contributed by atoms with Gasteiger partial charge in [0.2, 0.25) is 11.8 Å². The highest BCUT2D eigenvalue weighted by Gasteiger charge is 2.28. The highest BCUT2D eigenvalue weighted by Crippen LogP contribution is 2.19. The highest BCUT2D eigenvalue weighted by molar-refractivity contribution is 5.87. The van der Waals surface area contributed by atoms with Gasteiger partial charge in [0, 0.05) is 24.6 Å². The Labute approximate surface area is 184 Å². The third kappa shape index (κ3) is 6.65. The Morgan fingerprint density at radius 3 is 2.42 bits per heavy atom. The van der Waals surface area contributed by atoms with Crippen molar-refractivity contribution < 1.29 is 14.0 Å². The smallest absolute Gasteiger partial charge is 0.242 e. The first-order valence-corrected chi connectivity index (χ1v) is 11.3. The SMILES string of the molecule is Cc1ccc(CCC(=O)N(Cc2ccccc2F)[C@H](C)C(=O)NC2CCCCC2)cc1. The maximum absolute atomic E-state index is 14.3. The van der Waals surface area contributed by atoms with Crippen LogP contribution in [-0.2, 0) is 22.6 Å². The fourth-order valence-electron chi connectivity index (χ4n) is 4.11. The number of benzene rings is 2. The average Bonchev–Trinajstić information content (AvgIpc) is 2.78. The summed E-state index contributed by atoms with van der Waals surface area (Å²) >= 11 is 0. The highest BCUT2D eigenvalue weighted by atomic mass is 19.1. The third-order valence-electron chi connectivity index (χ3n) is 6.17. The average molecular weight is 425 g/mol. The fourth-order valence-corrected chi connectivity index (χ4v) is 4.11. The largest absolute Gasteiger partial charge is 0.352 e. The lowest BCUT2D eigenvalue weighted by Crippen LogP contribution is -2.50. The number of rotatable bonds is 8. The molecule has 0 heterocycles. The normalized spacial score (nSPS) is 15.3. The molecule has 0 bridgehead atoms. The minimum Gasteiger partial charge on any atom is -0.352 e. The van der Waals surface area contributed by atoms with Crippen molar-refractivity contribution in [3.63, 3.8) is 0 Å². The van der Waals surface area contributed by atoms with Gasteiger partial charge in [-0.05, 0) is 44.7 Å². The molecule has 0 radical (unpaired) electrons. The number of carbonyl (C=O) groups is 2. The molecule has 0 aliphatic heterocycles. The second-order valence-electron chi connectivity index (χ2n) is 8.62. The molecule has 2 aromatic rings. The molecular weight excluding hydrogens is 391 g/mol. The number of carbonyl (C=O) groups excluding carboxylic acids is 2. The van der Waals surface area contributed by atoms with Crippen molar-refractivity contribution in [2.24, 2.45) is 0 Å². The van der Waals surface area contributed by atoms with Gasteiger partial charge in [-0.3, -0.25) is 9.59 Å². The second kappa shape index (κ2) is 11.1. The third-order valence-corrected chi connectivity index (χ3v) is 6.17. The van der Waals surface area contributed by atoms with Crippen LogP contribution >= 0.6 is 0 Å². The van der Waals surface area contributed by atoms with Crippen LogP contribution in [0.4, 0.5) is 4.39 Å². The molecule has 1 saturated carbocycles. The molecular formula is C26H33FN2O2. The van der Waals surface area contributed by atoms with Gasteiger partial charge in [0.15, 0.2) is 0 Å². The van der Waals surface area contributed by atoms with Crippen molar-refractivity contribution >= 4 is 11.8 Å². The van der Waals surface area contributed by atoms with Gasteiger partial charge in [0.05, 0.1) is 0 Å². The number of halogens is 1. The zero-order valence-corrected chi connectivity index (χ0v) is 18.6. The Balaban J connectivity index is 1.71. The van der Waals surface area contributed by atoms with Crippen LogP contribution in [0, 0.1) is 12.7 Å². The first-order valence-electron chi connectivity index (χ1n) is 11.3. The van der Waals surface area contributed by atoms with Crippen LogP contribution < -0.4 is 5.32 Å². The molecule has 4 nitrogen and oxygen atoms in total. The fraction of sp³-hybridized carbons (Fsp3) is 0.462. The van der Waals surface area contributed by atoms with Gasteiger partial charge in [0.25, 0.3) is 0 Å². The van der Waals surface area contributed by atoms with E-state index in [-0.39, 0.29) is 36.6 Å². The molecule has 166 valence electrons. The molecule has 0 aromatic heterocycles. The van der Waals surface area contributed by atoms with E-state index in [0.29, 0.717) is 12.0 Å². The van der Waals surface area contributed by atoms with Gasteiger partial charge >= 0.3 is 0 Å². The van der Waals surface area contributed by atoms with E-state index in [0.717, 1.165) is 31.2 Å². The van der Waals surface area contributed by atoms with Crippen molar-refractivity contribution in [2.45, 2.75) is 77.4 Å². The molecule has 0 saturated heterocycles. The van der Waals surface area contributed by atoms with Crippen molar-refractivity contribution in [3.05, 3.63) is 71.0 Å². The molecule has 1 fully saturated rings. The van der Waals surface area contributed by atoms with Crippen LogP contribution in [0.5, 0.6) is 0 Å². The van der Waals surface area contributed by atoms with Crippen molar-refractivity contribution in [1.82, 2.24) is 10.2 Å². The van der Waals surface area contributed by atoms with Crippen LogP contribution in [0.1, 0.15) is 62.1 Å². The molecule has 0 spiro atoms. The summed E-state index contributed by atoms with van der Waals surface area (Å²) in [5, 5.41) is 3.11. The Morgan fingerprint density at radius 1 is 1.06 bits per heavy atom. The molecule has 1 N–H and O–H groups in total. The summed E-state index contributed by atoms with van der Waals surface area (Å²) in [7, 11) is 0. The standard InChI is InChI=1S/C26H33FN2O2/c1-19-12-14-21(15-13-19)16-17-25(30)29(18-22-8-6-7-11-24(22)27)20(2)26(31)28-23-9-4-3-5-10-23/h6-8,11-15,20,23H,3-5,9-10,16-18H2,1-2H3,(H,28,31)/t20-/m1/s1. The van der Waals surface area contributed by atoms with Crippen LogP contribution in [-0.4, -0.2) is 28.8 Å². The Hall–Kier alpha value is -2.69. The quantitative estimate of drug-likeness (QED) is 0.653. The number of hydrogen-bond donors (Lipinski definition) is 1. The second-order valence-corrected chi connectivity index (χ2v) is 8.62. The summed E-state index contributed by atoms with van der Waals surface area (Å²) in [4.78, 5) is 27.6. The molecule has 1 atom stereocenters. The molecule has 1 aliphatic carbocycles.